The number of carboxylic acids is 1. The molecule has 0 atom stereocenters. The second-order valence-electron chi connectivity index (χ2n) is 6.36. The van der Waals surface area contributed by atoms with Gasteiger partial charge in [0.25, 0.3) is 0 Å². The van der Waals surface area contributed by atoms with Gasteiger partial charge in [-0.15, -0.1) is 0 Å². The SMILES string of the molecule is O=C(O)Cc1cc(C2CCN(C(=O)C(=O)N3CCOCC3)CC2)n[nH]1. The summed E-state index contributed by atoms with van der Waals surface area (Å²) in [5, 5.41) is 15.7. The molecule has 1 aromatic heterocycles. The van der Waals surface area contributed by atoms with Crippen molar-refractivity contribution in [1.29, 1.82) is 0 Å². The topological polar surface area (TPSA) is 116 Å². The van der Waals surface area contributed by atoms with E-state index < -0.39 is 17.8 Å². The highest BCUT2D eigenvalue weighted by Gasteiger charge is 2.31. The number of rotatable bonds is 3. The zero-order valence-corrected chi connectivity index (χ0v) is 13.9. The van der Waals surface area contributed by atoms with Gasteiger partial charge in [0.2, 0.25) is 0 Å². The molecule has 0 unspecified atom stereocenters. The quantitative estimate of drug-likeness (QED) is 0.717. The first-order chi connectivity index (χ1) is 12.0. The lowest BCUT2D eigenvalue weighted by Crippen LogP contribution is -2.50. The number of hydrogen-bond acceptors (Lipinski definition) is 5. The Morgan fingerprint density at radius 3 is 2.32 bits per heavy atom. The molecule has 3 rings (SSSR count). The highest BCUT2D eigenvalue weighted by molar-refractivity contribution is 6.34. The number of nitrogens with one attached hydrogen (secondary N) is 1. The lowest BCUT2D eigenvalue weighted by molar-refractivity contribution is -0.154. The van der Waals surface area contributed by atoms with Crippen LogP contribution >= 0.6 is 0 Å². The molecular formula is C16H22N4O5. The van der Waals surface area contributed by atoms with Gasteiger partial charge in [0.15, 0.2) is 0 Å². The highest BCUT2D eigenvalue weighted by Crippen LogP contribution is 2.27. The van der Waals surface area contributed by atoms with Gasteiger partial charge in [-0.3, -0.25) is 19.5 Å². The fraction of sp³-hybridized carbons (Fsp3) is 0.625. The van der Waals surface area contributed by atoms with Crippen LogP contribution in [0.4, 0.5) is 0 Å². The third kappa shape index (κ3) is 4.16. The van der Waals surface area contributed by atoms with Crippen molar-refractivity contribution in [3.8, 4) is 0 Å². The minimum absolute atomic E-state index is 0.0849. The monoisotopic (exact) mass is 350 g/mol. The van der Waals surface area contributed by atoms with Crippen molar-refractivity contribution in [2.75, 3.05) is 39.4 Å². The van der Waals surface area contributed by atoms with Crippen LogP contribution in [0.5, 0.6) is 0 Å². The highest BCUT2D eigenvalue weighted by atomic mass is 16.5. The number of H-pyrrole nitrogens is 1. The van der Waals surface area contributed by atoms with Crippen molar-refractivity contribution >= 4 is 17.8 Å². The van der Waals surface area contributed by atoms with Crippen molar-refractivity contribution in [2.45, 2.75) is 25.2 Å². The number of likely N-dealkylation sites (tertiary alicyclic amines) is 1. The summed E-state index contributed by atoms with van der Waals surface area (Å²) in [6.07, 6.45) is 1.33. The predicted molar refractivity (Wildman–Crippen MR) is 85.9 cm³/mol. The number of aliphatic carboxylic acids is 1. The van der Waals surface area contributed by atoms with Crippen molar-refractivity contribution in [2.24, 2.45) is 0 Å². The van der Waals surface area contributed by atoms with Gasteiger partial charge in [0.1, 0.15) is 0 Å². The minimum Gasteiger partial charge on any atom is -0.481 e. The number of nitrogens with zero attached hydrogens (tertiary/aromatic N) is 3. The average Bonchev–Trinajstić information content (AvgIpc) is 3.09. The Bertz CT molecular complexity index is 645. The molecule has 0 aliphatic carbocycles. The number of carbonyl (C=O) groups is 3. The normalized spacial score (nSPS) is 19.0. The smallest absolute Gasteiger partial charge is 0.312 e. The number of amides is 2. The Hall–Kier alpha value is -2.42. The molecule has 2 amide bonds. The number of aromatic nitrogens is 2. The van der Waals surface area contributed by atoms with Crippen LogP contribution in [0.25, 0.3) is 0 Å². The summed E-state index contributed by atoms with van der Waals surface area (Å²) in [6, 6.07) is 1.77. The molecule has 2 fully saturated rings. The Balaban J connectivity index is 1.52. The maximum absolute atomic E-state index is 12.4. The summed E-state index contributed by atoms with van der Waals surface area (Å²) in [5.74, 6) is -1.64. The molecule has 0 radical (unpaired) electrons. The van der Waals surface area contributed by atoms with Gasteiger partial charge in [-0.1, -0.05) is 0 Å². The molecule has 136 valence electrons. The van der Waals surface area contributed by atoms with Gasteiger partial charge >= 0.3 is 17.8 Å². The van der Waals surface area contributed by atoms with Crippen LogP contribution in [-0.4, -0.2) is 82.3 Å². The standard InChI is InChI=1S/C16H22N4O5/c21-14(22)10-12-9-13(18-17-12)11-1-3-19(4-2-11)15(23)16(24)20-5-7-25-8-6-20/h9,11H,1-8,10H2,(H,17,18)(H,21,22). The Morgan fingerprint density at radius 1 is 1.12 bits per heavy atom. The molecule has 0 aromatic carbocycles. The first kappa shape index (κ1) is 17.4. The van der Waals surface area contributed by atoms with E-state index in [2.05, 4.69) is 10.2 Å². The summed E-state index contributed by atoms with van der Waals surface area (Å²) in [6.45, 7) is 2.86. The zero-order chi connectivity index (χ0) is 17.8. The van der Waals surface area contributed by atoms with E-state index in [9.17, 15) is 14.4 Å². The number of morpholine rings is 1. The molecule has 1 aromatic rings. The summed E-state index contributed by atoms with van der Waals surface area (Å²) in [5.41, 5.74) is 1.39. The van der Waals surface area contributed by atoms with E-state index in [-0.39, 0.29) is 12.3 Å². The Morgan fingerprint density at radius 2 is 1.72 bits per heavy atom. The van der Waals surface area contributed by atoms with Crippen molar-refractivity contribution in [3.63, 3.8) is 0 Å². The van der Waals surface area contributed by atoms with Gasteiger partial charge in [0, 0.05) is 37.8 Å². The maximum atomic E-state index is 12.4. The second kappa shape index (κ2) is 7.64. The fourth-order valence-electron chi connectivity index (χ4n) is 3.26. The molecule has 2 aliphatic heterocycles. The summed E-state index contributed by atoms with van der Waals surface area (Å²) >= 11 is 0. The van der Waals surface area contributed by atoms with Crippen LogP contribution in [-0.2, 0) is 25.5 Å². The molecule has 2 aliphatic rings. The van der Waals surface area contributed by atoms with Gasteiger partial charge in [-0.25, -0.2) is 0 Å². The van der Waals surface area contributed by atoms with Gasteiger partial charge < -0.3 is 19.6 Å². The summed E-state index contributed by atoms with van der Waals surface area (Å²) in [4.78, 5) is 38.5. The number of aromatic amines is 1. The second-order valence-corrected chi connectivity index (χ2v) is 6.36. The van der Waals surface area contributed by atoms with Crippen LogP contribution in [0.15, 0.2) is 6.07 Å². The van der Waals surface area contributed by atoms with Crippen LogP contribution in [0.1, 0.15) is 30.1 Å². The first-order valence-corrected chi connectivity index (χ1v) is 8.46. The van der Waals surface area contributed by atoms with E-state index in [1.807, 2.05) is 0 Å². The third-order valence-electron chi connectivity index (χ3n) is 4.67. The first-order valence-electron chi connectivity index (χ1n) is 8.46. The molecule has 2 N–H and O–H groups in total. The number of carbonyl (C=O) groups excluding carboxylic acids is 2. The average molecular weight is 350 g/mol. The summed E-state index contributed by atoms with van der Waals surface area (Å²) in [7, 11) is 0. The number of carboxylic acid groups (broad SMARTS) is 1. The van der Waals surface area contributed by atoms with Gasteiger partial charge in [0.05, 0.1) is 25.3 Å². The van der Waals surface area contributed by atoms with E-state index in [0.29, 0.717) is 57.9 Å². The molecule has 0 bridgehead atoms. The molecule has 25 heavy (non-hydrogen) atoms. The molecule has 3 heterocycles. The molecule has 9 nitrogen and oxygen atoms in total. The van der Waals surface area contributed by atoms with Gasteiger partial charge in [-0.05, 0) is 18.9 Å². The number of piperidine rings is 1. The maximum Gasteiger partial charge on any atom is 0.312 e. The van der Waals surface area contributed by atoms with Crippen LogP contribution in [0, 0.1) is 0 Å². The van der Waals surface area contributed by atoms with Crippen molar-refractivity contribution in [3.05, 3.63) is 17.5 Å². The molecule has 9 heteroatoms. The number of hydrogen-bond donors (Lipinski definition) is 2. The van der Waals surface area contributed by atoms with Crippen LogP contribution < -0.4 is 0 Å². The van der Waals surface area contributed by atoms with E-state index in [1.54, 1.807) is 15.9 Å². The van der Waals surface area contributed by atoms with Crippen LogP contribution in [0.2, 0.25) is 0 Å². The minimum atomic E-state index is -0.905. The largest absolute Gasteiger partial charge is 0.481 e. The van der Waals surface area contributed by atoms with Gasteiger partial charge in [-0.2, -0.15) is 5.10 Å². The Kier molecular flexibility index (Phi) is 5.32. The summed E-state index contributed by atoms with van der Waals surface area (Å²) < 4.78 is 5.20. The van der Waals surface area contributed by atoms with E-state index >= 15 is 0 Å². The van der Waals surface area contributed by atoms with Crippen molar-refractivity contribution in [1.82, 2.24) is 20.0 Å². The molecule has 0 spiro atoms. The van der Waals surface area contributed by atoms with E-state index in [0.717, 1.165) is 5.69 Å². The van der Waals surface area contributed by atoms with E-state index in [1.165, 1.54) is 0 Å². The van der Waals surface area contributed by atoms with Crippen molar-refractivity contribution < 1.29 is 24.2 Å². The lowest BCUT2D eigenvalue weighted by Gasteiger charge is -2.33. The third-order valence-corrected chi connectivity index (χ3v) is 4.67. The molecular weight excluding hydrogens is 328 g/mol. The Labute approximate surface area is 144 Å². The van der Waals surface area contributed by atoms with Crippen LogP contribution in [0.3, 0.4) is 0 Å². The lowest BCUT2D eigenvalue weighted by atomic mass is 9.93. The fourth-order valence-corrected chi connectivity index (χ4v) is 3.26. The number of ether oxygens (including phenoxy) is 1. The van der Waals surface area contributed by atoms with E-state index in [4.69, 9.17) is 9.84 Å². The predicted octanol–water partition coefficient (Wildman–Crippen LogP) is -0.398. The zero-order valence-electron chi connectivity index (χ0n) is 13.9. The molecule has 2 saturated heterocycles. The molecule has 0 saturated carbocycles.